The van der Waals surface area contributed by atoms with Crippen molar-refractivity contribution in [1.82, 2.24) is 4.90 Å². The van der Waals surface area contributed by atoms with E-state index in [9.17, 15) is 0 Å². The minimum atomic E-state index is 0.576. The molecule has 72 valence electrons. The summed E-state index contributed by atoms with van der Waals surface area (Å²) in [5, 5.41) is 0. The first kappa shape index (κ1) is 10.0. The summed E-state index contributed by atoms with van der Waals surface area (Å²) < 4.78 is 5.45. The van der Waals surface area contributed by atoms with E-state index in [0.717, 1.165) is 13.2 Å². The van der Waals surface area contributed by atoms with Crippen LogP contribution in [0.15, 0.2) is 0 Å². The van der Waals surface area contributed by atoms with Gasteiger partial charge in [0.1, 0.15) is 0 Å². The molecule has 0 radical (unpaired) electrons. The van der Waals surface area contributed by atoms with Crippen molar-refractivity contribution in [3.63, 3.8) is 0 Å². The van der Waals surface area contributed by atoms with Gasteiger partial charge in [-0.15, -0.1) is 0 Å². The van der Waals surface area contributed by atoms with Crippen molar-refractivity contribution in [2.24, 2.45) is 5.41 Å². The van der Waals surface area contributed by atoms with Gasteiger partial charge in [-0.2, -0.15) is 0 Å². The zero-order chi connectivity index (χ0) is 9.03. The van der Waals surface area contributed by atoms with Gasteiger partial charge in [-0.1, -0.05) is 13.8 Å². The predicted octanol–water partition coefficient (Wildman–Crippen LogP) is 1.75. The fourth-order valence-corrected chi connectivity index (χ4v) is 2.26. The molecule has 0 amide bonds. The third kappa shape index (κ3) is 1.99. The molecule has 0 saturated carbocycles. The smallest absolute Gasteiger partial charge is 0.0547 e. The molecule has 0 aromatic carbocycles. The van der Waals surface area contributed by atoms with Crippen LogP contribution in [0, 0.1) is 5.41 Å². The number of rotatable bonds is 0. The third-order valence-electron chi connectivity index (χ3n) is 2.61. The SMILES string of the molecule is CC.CN1CC2(CCCOC2)C1. The summed E-state index contributed by atoms with van der Waals surface area (Å²) in [5.41, 5.74) is 0.576. The van der Waals surface area contributed by atoms with Gasteiger partial charge in [0.15, 0.2) is 0 Å². The molecule has 0 bridgehead atoms. The molecule has 2 fully saturated rings. The molecule has 0 unspecified atom stereocenters. The Bertz CT molecular complexity index is 114. The van der Waals surface area contributed by atoms with E-state index in [4.69, 9.17) is 4.74 Å². The van der Waals surface area contributed by atoms with Crippen LogP contribution in [-0.2, 0) is 4.74 Å². The summed E-state index contributed by atoms with van der Waals surface area (Å²) in [7, 11) is 2.18. The van der Waals surface area contributed by atoms with Gasteiger partial charge in [0.2, 0.25) is 0 Å². The molecule has 0 aliphatic carbocycles. The van der Waals surface area contributed by atoms with Gasteiger partial charge < -0.3 is 9.64 Å². The molecule has 2 nitrogen and oxygen atoms in total. The van der Waals surface area contributed by atoms with Crippen LogP contribution < -0.4 is 0 Å². The van der Waals surface area contributed by atoms with Gasteiger partial charge in [0, 0.05) is 25.1 Å². The van der Waals surface area contributed by atoms with Crippen LogP contribution in [0.2, 0.25) is 0 Å². The zero-order valence-corrected chi connectivity index (χ0v) is 8.60. The first-order valence-electron chi connectivity index (χ1n) is 5.07. The molecule has 0 atom stereocenters. The number of hydrogen-bond donors (Lipinski definition) is 0. The van der Waals surface area contributed by atoms with Gasteiger partial charge >= 0.3 is 0 Å². The Labute approximate surface area is 75.9 Å². The first-order valence-corrected chi connectivity index (χ1v) is 5.07. The van der Waals surface area contributed by atoms with Crippen molar-refractivity contribution in [2.75, 3.05) is 33.4 Å². The topological polar surface area (TPSA) is 12.5 Å². The molecular weight excluding hydrogens is 150 g/mol. The quantitative estimate of drug-likeness (QED) is 0.550. The highest BCUT2D eigenvalue weighted by Gasteiger charge is 2.42. The van der Waals surface area contributed by atoms with Gasteiger partial charge in [-0.25, -0.2) is 0 Å². The number of likely N-dealkylation sites (tertiary alicyclic amines) is 1. The standard InChI is InChI=1S/C8H15NO.C2H6/c1-9-5-8(6-9)3-2-4-10-7-8;1-2/h2-7H2,1H3;1-2H3. The molecule has 2 saturated heterocycles. The summed E-state index contributed by atoms with van der Waals surface area (Å²) in [5.74, 6) is 0. The zero-order valence-electron chi connectivity index (χ0n) is 8.60. The molecule has 0 aromatic heterocycles. The second kappa shape index (κ2) is 4.24. The predicted molar refractivity (Wildman–Crippen MR) is 51.3 cm³/mol. The summed E-state index contributed by atoms with van der Waals surface area (Å²) >= 11 is 0. The first-order chi connectivity index (χ1) is 5.81. The minimum absolute atomic E-state index is 0.576. The molecule has 2 aliphatic rings. The molecule has 2 heteroatoms. The number of nitrogens with zero attached hydrogens (tertiary/aromatic N) is 1. The van der Waals surface area contributed by atoms with E-state index in [1.807, 2.05) is 13.8 Å². The Balaban J connectivity index is 0.000000336. The molecule has 1 spiro atoms. The van der Waals surface area contributed by atoms with E-state index in [0.29, 0.717) is 5.41 Å². The summed E-state index contributed by atoms with van der Waals surface area (Å²) in [6.45, 7) is 8.52. The lowest BCUT2D eigenvalue weighted by molar-refractivity contribution is -0.0908. The van der Waals surface area contributed by atoms with Crippen molar-refractivity contribution >= 4 is 0 Å². The second-order valence-corrected chi connectivity index (χ2v) is 3.83. The van der Waals surface area contributed by atoms with Gasteiger partial charge in [0.25, 0.3) is 0 Å². The Morgan fingerprint density at radius 2 is 1.92 bits per heavy atom. The van der Waals surface area contributed by atoms with E-state index in [1.54, 1.807) is 0 Å². The fraction of sp³-hybridized carbons (Fsp3) is 1.00. The lowest BCUT2D eigenvalue weighted by Crippen LogP contribution is -2.57. The van der Waals surface area contributed by atoms with Crippen molar-refractivity contribution in [3.05, 3.63) is 0 Å². The van der Waals surface area contributed by atoms with Crippen LogP contribution in [0.5, 0.6) is 0 Å². The number of hydrogen-bond acceptors (Lipinski definition) is 2. The maximum atomic E-state index is 5.45. The lowest BCUT2D eigenvalue weighted by atomic mass is 9.76. The van der Waals surface area contributed by atoms with E-state index >= 15 is 0 Å². The van der Waals surface area contributed by atoms with Crippen LogP contribution in [-0.4, -0.2) is 38.3 Å². The van der Waals surface area contributed by atoms with Crippen LogP contribution in [0.4, 0.5) is 0 Å². The largest absolute Gasteiger partial charge is 0.381 e. The summed E-state index contributed by atoms with van der Waals surface area (Å²) in [6.07, 6.45) is 2.66. The Hall–Kier alpha value is -0.0800. The Morgan fingerprint density at radius 3 is 2.33 bits per heavy atom. The van der Waals surface area contributed by atoms with Crippen LogP contribution in [0.3, 0.4) is 0 Å². The Morgan fingerprint density at radius 1 is 1.25 bits per heavy atom. The highest BCUT2D eigenvalue weighted by molar-refractivity contribution is 4.94. The highest BCUT2D eigenvalue weighted by atomic mass is 16.5. The van der Waals surface area contributed by atoms with E-state index in [1.165, 1.54) is 25.9 Å². The normalized spacial score (nSPS) is 27.2. The molecule has 12 heavy (non-hydrogen) atoms. The van der Waals surface area contributed by atoms with Crippen molar-refractivity contribution < 1.29 is 4.74 Å². The summed E-state index contributed by atoms with van der Waals surface area (Å²) in [4.78, 5) is 2.37. The van der Waals surface area contributed by atoms with Gasteiger partial charge in [0.05, 0.1) is 6.61 Å². The average molecular weight is 171 g/mol. The molecule has 2 heterocycles. The Kier molecular flexibility index (Phi) is 3.53. The van der Waals surface area contributed by atoms with E-state index in [-0.39, 0.29) is 0 Å². The average Bonchev–Trinajstić information content (AvgIpc) is 2.08. The minimum Gasteiger partial charge on any atom is -0.381 e. The maximum absolute atomic E-state index is 5.45. The van der Waals surface area contributed by atoms with Crippen molar-refractivity contribution in [3.8, 4) is 0 Å². The highest BCUT2D eigenvalue weighted by Crippen LogP contribution is 2.36. The maximum Gasteiger partial charge on any atom is 0.0547 e. The molecule has 2 aliphatic heterocycles. The number of ether oxygens (including phenoxy) is 1. The molecule has 0 N–H and O–H groups in total. The van der Waals surface area contributed by atoms with Crippen LogP contribution in [0.1, 0.15) is 26.7 Å². The molecule has 2 rings (SSSR count). The lowest BCUT2D eigenvalue weighted by Gasteiger charge is -2.50. The van der Waals surface area contributed by atoms with Crippen molar-refractivity contribution in [2.45, 2.75) is 26.7 Å². The van der Waals surface area contributed by atoms with E-state index in [2.05, 4.69) is 11.9 Å². The third-order valence-corrected chi connectivity index (χ3v) is 2.61. The molecule has 0 aromatic rings. The molecular formula is C10H21NO. The van der Waals surface area contributed by atoms with Crippen LogP contribution in [0.25, 0.3) is 0 Å². The van der Waals surface area contributed by atoms with Gasteiger partial charge in [-0.05, 0) is 19.9 Å². The second-order valence-electron chi connectivity index (χ2n) is 3.83. The van der Waals surface area contributed by atoms with Crippen molar-refractivity contribution in [1.29, 1.82) is 0 Å². The van der Waals surface area contributed by atoms with Crippen LogP contribution >= 0.6 is 0 Å². The van der Waals surface area contributed by atoms with Gasteiger partial charge in [-0.3, -0.25) is 0 Å². The monoisotopic (exact) mass is 171 g/mol. The summed E-state index contributed by atoms with van der Waals surface area (Å²) in [6, 6.07) is 0. The van der Waals surface area contributed by atoms with E-state index < -0.39 is 0 Å². The fourth-order valence-electron chi connectivity index (χ4n) is 2.26.